The first-order valence-electron chi connectivity index (χ1n) is 14.0. The second kappa shape index (κ2) is 14.7. The Bertz CT molecular complexity index is 1560. The first kappa shape index (κ1) is 30.8. The van der Waals surface area contributed by atoms with Gasteiger partial charge in [-0.25, -0.2) is 0 Å². The van der Waals surface area contributed by atoms with E-state index in [0.29, 0.717) is 46.7 Å². The van der Waals surface area contributed by atoms with Crippen molar-refractivity contribution < 1.29 is 29.0 Å². The molecule has 43 heavy (non-hydrogen) atoms. The Kier molecular flexibility index (Phi) is 10.5. The van der Waals surface area contributed by atoms with Gasteiger partial charge in [0.2, 0.25) is 0 Å². The van der Waals surface area contributed by atoms with Gasteiger partial charge in [-0.1, -0.05) is 66.2 Å². The summed E-state index contributed by atoms with van der Waals surface area (Å²) in [5.41, 5.74) is 5.04. The normalized spacial score (nSPS) is 10.6. The summed E-state index contributed by atoms with van der Waals surface area (Å²) < 4.78 is 10.7. The van der Waals surface area contributed by atoms with Gasteiger partial charge in [0.15, 0.2) is 0 Å². The van der Waals surface area contributed by atoms with Crippen molar-refractivity contribution in [2.24, 2.45) is 0 Å². The topological polar surface area (TPSA) is 105 Å². The maximum atomic E-state index is 14.0. The molecule has 0 aromatic heterocycles. The van der Waals surface area contributed by atoms with Gasteiger partial charge in [0.25, 0.3) is 11.8 Å². The monoisotopic (exact) mass is 580 g/mol. The summed E-state index contributed by atoms with van der Waals surface area (Å²) >= 11 is 0. The number of nitrogens with one attached hydrogen (secondary N) is 1. The van der Waals surface area contributed by atoms with Crippen LogP contribution < -0.4 is 14.8 Å². The molecule has 8 heteroatoms. The fourth-order valence-corrected chi connectivity index (χ4v) is 4.79. The summed E-state index contributed by atoms with van der Waals surface area (Å²) in [7, 11) is 3.14. The molecule has 222 valence electrons. The first-order chi connectivity index (χ1) is 20.8. The standard InChI is InChI=1S/C35H36N2O6/c1-24-12-14-25(15-13-24)23-36-34(40)31-10-6-4-8-29(31)30-9-5-7-11-32(30)35(41)37(19-17-33(38)39)18-16-26-20-27(42-2)22-28(21-26)43-3/h4-15,20-22H,16-19,23H2,1-3H3,(H,36,40)(H,38,39). The van der Waals surface area contributed by atoms with Crippen LogP contribution in [0.25, 0.3) is 11.1 Å². The number of hydrogen-bond acceptors (Lipinski definition) is 5. The Hall–Kier alpha value is -5.11. The second-order valence-electron chi connectivity index (χ2n) is 10.2. The predicted molar refractivity (Wildman–Crippen MR) is 166 cm³/mol. The molecule has 4 aromatic rings. The average Bonchev–Trinajstić information content (AvgIpc) is 3.03. The van der Waals surface area contributed by atoms with Crippen molar-refractivity contribution in [1.82, 2.24) is 10.2 Å². The summed E-state index contributed by atoms with van der Waals surface area (Å²) in [5.74, 6) is -0.319. The molecule has 0 unspecified atom stereocenters. The van der Waals surface area contributed by atoms with Crippen LogP contribution in [0.3, 0.4) is 0 Å². The minimum absolute atomic E-state index is 0.0300. The second-order valence-corrected chi connectivity index (χ2v) is 10.2. The van der Waals surface area contributed by atoms with Crippen LogP contribution in [0.4, 0.5) is 0 Å². The number of benzene rings is 4. The number of nitrogens with zero attached hydrogens (tertiary/aromatic N) is 1. The Labute approximate surface area is 251 Å². The smallest absolute Gasteiger partial charge is 0.305 e. The number of ether oxygens (including phenoxy) is 2. The third-order valence-corrected chi connectivity index (χ3v) is 7.16. The number of carbonyl (C=O) groups is 3. The van der Waals surface area contributed by atoms with Crippen LogP contribution in [0.5, 0.6) is 11.5 Å². The Morgan fingerprint density at radius 1 is 0.744 bits per heavy atom. The van der Waals surface area contributed by atoms with Crippen LogP contribution in [0, 0.1) is 6.92 Å². The van der Waals surface area contributed by atoms with E-state index in [9.17, 15) is 19.5 Å². The number of hydrogen-bond donors (Lipinski definition) is 2. The highest BCUT2D eigenvalue weighted by molar-refractivity contribution is 6.06. The van der Waals surface area contributed by atoms with Crippen molar-refractivity contribution in [3.05, 3.63) is 119 Å². The number of carbonyl (C=O) groups excluding carboxylic acids is 2. The molecule has 0 radical (unpaired) electrons. The molecule has 0 bridgehead atoms. The molecule has 4 aromatic carbocycles. The zero-order chi connectivity index (χ0) is 30.8. The number of rotatable bonds is 13. The summed E-state index contributed by atoms with van der Waals surface area (Å²) in [4.78, 5) is 40.4. The average molecular weight is 581 g/mol. The third kappa shape index (κ3) is 8.23. The molecule has 0 heterocycles. The lowest BCUT2D eigenvalue weighted by Crippen LogP contribution is -2.35. The van der Waals surface area contributed by atoms with Gasteiger partial charge in [0.05, 0.1) is 20.6 Å². The lowest BCUT2D eigenvalue weighted by molar-refractivity contribution is -0.137. The summed E-state index contributed by atoms with van der Waals surface area (Å²) in [6.07, 6.45) is 0.256. The quantitative estimate of drug-likeness (QED) is 0.208. The van der Waals surface area contributed by atoms with Crippen LogP contribution >= 0.6 is 0 Å². The highest BCUT2D eigenvalue weighted by Crippen LogP contribution is 2.29. The van der Waals surface area contributed by atoms with Crippen LogP contribution in [-0.4, -0.2) is 55.1 Å². The molecule has 8 nitrogen and oxygen atoms in total. The molecule has 0 saturated heterocycles. The summed E-state index contributed by atoms with van der Waals surface area (Å²) in [6, 6.07) is 27.7. The maximum Gasteiger partial charge on any atom is 0.305 e. The van der Waals surface area contributed by atoms with E-state index >= 15 is 0 Å². The molecule has 0 fully saturated rings. The van der Waals surface area contributed by atoms with Crippen molar-refractivity contribution >= 4 is 17.8 Å². The number of aryl methyl sites for hydroxylation is 1. The molecule has 0 saturated carbocycles. The van der Waals surface area contributed by atoms with Crippen LogP contribution in [0.2, 0.25) is 0 Å². The number of carboxylic acid groups (broad SMARTS) is 1. The largest absolute Gasteiger partial charge is 0.497 e. The van der Waals surface area contributed by atoms with E-state index in [-0.39, 0.29) is 31.3 Å². The van der Waals surface area contributed by atoms with Crippen molar-refractivity contribution in [1.29, 1.82) is 0 Å². The van der Waals surface area contributed by atoms with Gasteiger partial charge in [-0.2, -0.15) is 0 Å². The Morgan fingerprint density at radius 3 is 1.93 bits per heavy atom. The molecule has 2 amide bonds. The molecule has 0 aliphatic heterocycles. The molecule has 0 aliphatic rings. The van der Waals surface area contributed by atoms with E-state index in [2.05, 4.69) is 5.32 Å². The molecule has 2 N–H and O–H groups in total. The molecule has 0 spiro atoms. The van der Waals surface area contributed by atoms with Crippen molar-refractivity contribution in [2.45, 2.75) is 26.3 Å². The highest BCUT2D eigenvalue weighted by Gasteiger charge is 2.23. The maximum absolute atomic E-state index is 14.0. The molecule has 0 atom stereocenters. The van der Waals surface area contributed by atoms with E-state index < -0.39 is 5.97 Å². The number of aliphatic carboxylic acids is 1. The molecule has 4 rings (SSSR count). The zero-order valence-corrected chi connectivity index (χ0v) is 24.6. The minimum Gasteiger partial charge on any atom is -0.497 e. The molecule has 0 aliphatic carbocycles. The number of amides is 2. The Balaban J connectivity index is 1.61. The van der Waals surface area contributed by atoms with E-state index in [1.165, 1.54) is 0 Å². The van der Waals surface area contributed by atoms with E-state index in [1.807, 2.05) is 67.6 Å². The number of carboxylic acids is 1. The van der Waals surface area contributed by atoms with Gasteiger partial charge in [-0.3, -0.25) is 14.4 Å². The van der Waals surface area contributed by atoms with Crippen molar-refractivity contribution in [3.8, 4) is 22.6 Å². The predicted octanol–water partition coefficient (Wildman–Crippen LogP) is 5.77. The van der Waals surface area contributed by atoms with Gasteiger partial charge in [0, 0.05) is 36.8 Å². The van der Waals surface area contributed by atoms with Gasteiger partial charge in [-0.15, -0.1) is 0 Å². The number of methoxy groups -OCH3 is 2. The highest BCUT2D eigenvalue weighted by atomic mass is 16.5. The zero-order valence-electron chi connectivity index (χ0n) is 24.6. The summed E-state index contributed by atoms with van der Waals surface area (Å²) in [5, 5.41) is 12.4. The summed E-state index contributed by atoms with van der Waals surface area (Å²) in [6.45, 7) is 2.68. The lowest BCUT2D eigenvalue weighted by atomic mass is 9.94. The van der Waals surface area contributed by atoms with Crippen molar-refractivity contribution in [2.75, 3.05) is 27.3 Å². The SMILES string of the molecule is COc1cc(CCN(CCC(=O)O)C(=O)c2ccccc2-c2ccccc2C(=O)NCc2ccc(C)cc2)cc(OC)c1. The van der Waals surface area contributed by atoms with Gasteiger partial charge >= 0.3 is 5.97 Å². The van der Waals surface area contributed by atoms with Crippen molar-refractivity contribution in [3.63, 3.8) is 0 Å². The van der Waals surface area contributed by atoms with Gasteiger partial charge < -0.3 is 24.8 Å². The van der Waals surface area contributed by atoms with E-state index in [4.69, 9.17) is 9.47 Å². The molecular weight excluding hydrogens is 544 g/mol. The fraction of sp³-hybridized carbons (Fsp3) is 0.229. The van der Waals surface area contributed by atoms with Gasteiger partial charge in [0.1, 0.15) is 11.5 Å². The third-order valence-electron chi connectivity index (χ3n) is 7.16. The van der Waals surface area contributed by atoms with Crippen LogP contribution in [-0.2, 0) is 17.8 Å². The van der Waals surface area contributed by atoms with Gasteiger partial charge in [-0.05, 0) is 59.9 Å². The minimum atomic E-state index is -0.996. The van der Waals surface area contributed by atoms with E-state index in [1.54, 1.807) is 49.5 Å². The fourth-order valence-electron chi connectivity index (χ4n) is 4.79. The lowest BCUT2D eigenvalue weighted by Gasteiger charge is -2.24. The van der Waals surface area contributed by atoms with E-state index in [0.717, 1.165) is 16.7 Å². The Morgan fingerprint density at radius 2 is 1.33 bits per heavy atom. The van der Waals surface area contributed by atoms with Crippen LogP contribution in [0.15, 0.2) is 91.0 Å². The first-order valence-corrected chi connectivity index (χ1v) is 14.0. The van der Waals surface area contributed by atoms with Crippen LogP contribution in [0.1, 0.15) is 43.8 Å². The molecular formula is C35H36N2O6.